The average molecular weight is 376 g/mol. The lowest BCUT2D eigenvalue weighted by atomic mass is 10.1. The van der Waals surface area contributed by atoms with Crippen molar-refractivity contribution in [1.29, 1.82) is 0 Å². The van der Waals surface area contributed by atoms with Crippen molar-refractivity contribution in [2.75, 3.05) is 12.3 Å². The largest absolute Gasteiger partial charge is 0.355 e. The van der Waals surface area contributed by atoms with Crippen LogP contribution in [0.3, 0.4) is 0 Å². The lowest BCUT2D eigenvalue weighted by Gasteiger charge is -2.04. The fourth-order valence-electron chi connectivity index (χ4n) is 2.43. The minimum absolute atomic E-state index is 0.0493. The van der Waals surface area contributed by atoms with E-state index in [1.54, 1.807) is 4.52 Å². The van der Waals surface area contributed by atoms with Crippen molar-refractivity contribution < 1.29 is 4.79 Å². The Morgan fingerprint density at radius 2 is 2.12 bits per heavy atom. The maximum absolute atomic E-state index is 12.0. The molecule has 0 atom stereocenters. The van der Waals surface area contributed by atoms with Crippen LogP contribution in [0.4, 0.5) is 0 Å². The van der Waals surface area contributed by atoms with Gasteiger partial charge in [0, 0.05) is 23.0 Å². The summed E-state index contributed by atoms with van der Waals surface area (Å²) in [7, 11) is 0. The summed E-state index contributed by atoms with van der Waals surface area (Å²) in [5.74, 6) is 0.776. The van der Waals surface area contributed by atoms with Crippen LogP contribution in [0.25, 0.3) is 5.78 Å². The first-order chi connectivity index (χ1) is 12.0. The molecule has 2 aromatic heterocycles. The zero-order valence-corrected chi connectivity index (χ0v) is 15.6. The Hall–Kier alpha value is -2.12. The summed E-state index contributed by atoms with van der Waals surface area (Å²) >= 11 is 7.25. The van der Waals surface area contributed by atoms with E-state index in [0.29, 0.717) is 22.5 Å². The molecule has 25 heavy (non-hydrogen) atoms. The van der Waals surface area contributed by atoms with Gasteiger partial charge in [0.2, 0.25) is 11.1 Å². The van der Waals surface area contributed by atoms with Gasteiger partial charge in [0.15, 0.2) is 0 Å². The second kappa shape index (κ2) is 7.84. The number of rotatable bonds is 6. The van der Waals surface area contributed by atoms with Crippen LogP contribution in [0, 0.1) is 13.8 Å². The van der Waals surface area contributed by atoms with E-state index < -0.39 is 0 Å². The normalized spacial score (nSPS) is 11.0. The van der Waals surface area contributed by atoms with Crippen molar-refractivity contribution in [3.8, 4) is 0 Å². The van der Waals surface area contributed by atoms with E-state index in [-0.39, 0.29) is 11.7 Å². The fourth-order valence-corrected chi connectivity index (χ4v) is 3.29. The van der Waals surface area contributed by atoms with E-state index in [9.17, 15) is 4.79 Å². The Kier molecular flexibility index (Phi) is 5.55. The number of fused-ring (bicyclic) bond motifs is 1. The van der Waals surface area contributed by atoms with Gasteiger partial charge in [-0.3, -0.25) is 4.79 Å². The first kappa shape index (κ1) is 17.7. The number of halogens is 1. The molecule has 1 aromatic carbocycles. The van der Waals surface area contributed by atoms with E-state index in [4.69, 9.17) is 11.6 Å². The minimum atomic E-state index is -0.0493. The Morgan fingerprint density at radius 1 is 1.28 bits per heavy atom. The van der Waals surface area contributed by atoms with Gasteiger partial charge in [-0.25, -0.2) is 9.50 Å². The molecule has 1 N–H and O–H groups in total. The molecule has 0 saturated carbocycles. The van der Waals surface area contributed by atoms with Gasteiger partial charge < -0.3 is 5.32 Å². The zero-order chi connectivity index (χ0) is 17.8. The Bertz CT molecular complexity index is 911. The van der Waals surface area contributed by atoms with E-state index in [1.807, 2.05) is 44.2 Å². The number of nitrogens with one attached hydrogen (secondary N) is 1. The molecule has 0 aliphatic heterocycles. The summed E-state index contributed by atoms with van der Waals surface area (Å²) in [5, 5.41) is 8.52. The molecule has 8 heteroatoms. The van der Waals surface area contributed by atoms with Crippen LogP contribution in [0.15, 0.2) is 35.5 Å². The molecule has 0 bridgehead atoms. The van der Waals surface area contributed by atoms with Gasteiger partial charge in [-0.15, -0.1) is 5.10 Å². The predicted octanol–water partition coefficient (Wildman–Crippen LogP) is 2.85. The van der Waals surface area contributed by atoms with Gasteiger partial charge in [-0.1, -0.05) is 35.5 Å². The fraction of sp³-hybridized carbons (Fsp3) is 0.294. The lowest BCUT2D eigenvalue weighted by Crippen LogP contribution is -2.27. The van der Waals surface area contributed by atoms with Crippen LogP contribution >= 0.6 is 23.4 Å². The summed E-state index contributed by atoms with van der Waals surface area (Å²) in [6, 6.07) is 9.58. The number of hydrogen-bond donors (Lipinski definition) is 1. The molecule has 0 unspecified atom stereocenters. The molecule has 3 rings (SSSR count). The van der Waals surface area contributed by atoms with Crippen LogP contribution in [0.1, 0.15) is 17.0 Å². The number of nitrogens with zero attached hydrogens (tertiary/aromatic N) is 4. The standard InChI is InChI=1S/C17H18ClN5OS/c1-11-8-12(2)23-16(20-11)21-17(22-23)25-10-15(24)19-7-6-13-4-3-5-14(18)9-13/h3-5,8-9H,6-7,10H2,1-2H3,(H,19,24). The Morgan fingerprint density at radius 3 is 2.92 bits per heavy atom. The maximum atomic E-state index is 12.0. The highest BCUT2D eigenvalue weighted by atomic mass is 35.5. The van der Waals surface area contributed by atoms with E-state index >= 15 is 0 Å². The van der Waals surface area contributed by atoms with Crippen molar-refractivity contribution in [2.24, 2.45) is 0 Å². The number of carbonyl (C=O) groups is 1. The minimum Gasteiger partial charge on any atom is -0.355 e. The van der Waals surface area contributed by atoms with Crippen molar-refractivity contribution in [1.82, 2.24) is 24.9 Å². The molecule has 130 valence electrons. The molecule has 0 spiro atoms. The molecule has 0 aliphatic rings. The van der Waals surface area contributed by atoms with Crippen molar-refractivity contribution >= 4 is 35.0 Å². The Balaban J connectivity index is 1.50. The monoisotopic (exact) mass is 375 g/mol. The van der Waals surface area contributed by atoms with Gasteiger partial charge in [0.25, 0.3) is 5.78 Å². The zero-order valence-electron chi connectivity index (χ0n) is 14.0. The molecule has 1 amide bonds. The highest BCUT2D eigenvalue weighted by Crippen LogP contribution is 2.15. The van der Waals surface area contributed by atoms with E-state index in [0.717, 1.165) is 23.4 Å². The third-order valence-corrected chi connectivity index (χ3v) is 4.63. The summed E-state index contributed by atoms with van der Waals surface area (Å²) in [4.78, 5) is 20.7. The predicted molar refractivity (Wildman–Crippen MR) is 99.1 cm³/mol. The molecule has 2 heterocycles. The quantitative estimate of drug-likeness (QED) is 0.671. The van der Waals surface area contributed by atoms with Gasteiger partial charge in [-0.2, -0.15) is 4.98 Å². The summed E-state index contributed by atoms with van der Waals surface area (Å²) in [6.07, 6.45) is 0.742. The highest BCUT2D eigenvalue weighted by Gasteiger charge is 2.10. The molecule has 6 nitrogen and oxygen atoms in total. The summed E-state index contributed by atoms with van der Waals surface area (Å²) in [5.41, 5.74) is 2.96. The molecule has 0 aliphatic carbocycles. The van der Waals surface area contributed by atoms with Crippen molar-refractivity contribution in [3.63, 3.8) is 0 Å². The number of aryl methyl sites for hydroxylation is 2. The van der Waals surface area contributed by atoms with Crippen molar-refractivity contribution in [2.45, 2.75) is 25.4 Å². The van der Waals surface area contributed by atoms with Crippen LogP contribution in [-0.4, -0.2) is 37.8 Å². The molecular formula is C17H18ClN5OS. The second-order valence-corrected chi connectivity index (χ2v) is 7.04. The summed E-state index contributed by atoms with van der Waals surface area (Å²) < 4.78 is 1.69. The number of thioether (sulfide) groups is 1. The van der Waals surface area contributed by atoms with Crippen LogP contribution in [-0.2, 0) is 11.2 Å². The topological polar surface area (TPSA) is 72.2 Å². The van der Waals surface area contributed by atoms with Crippen molar-refractivity contribution in [3.05, 3.63) is 52.3 Å². The Labute approximate surface area is 155 Å². The highest BCUT2D eigenvalue weighted by molar-refractivity contribution is 7.99. The van der Waals surface area contributed by atoms with Gasteiger partial charge in [0.05, 0.1) is 5.75 Å². The van der Waals surface area contributed by atoms with Gasteiger partial charge in [-0.05, 0) is 44.0 Å². The van der Waals surface area contributed by atoms with Crippen LogP contribution < -0.4 is 5.32 Å². The molecular weight excluding hydrogens is 358 g/mol. The number of aromatic nitrogens is 4. The number of hydrogen-bond acceptors (Lipinski definition) is 5. The first-order valence-corrected chi connectivity index (χ1v) is 9.22. The van der Waals surface area contributed by atoms with Crippen LogP contribution in [0.2, 0.25) is 5.02 Å². The smallest absolute Gasteiger partial charge is 0.253 e. The van der Waals surface area contributed by atoms with Crippen LogP contribution in [0.5, 0.6) is 0 Å². The second-order valence-electron chi connectivity index (χ2n) is 5.66. The average Bonchev–Trinajstić information content (AvgIpc) is 2.96. The number of amides is 1. The van der Waals surface area contributed by atoms with E-state index in [1.165, 1.54) is 11.8 Å². The first-order valence-electron chi connectivity index (χ1n) is 7.86. The molecule has 0 fully saturated rings. The molecule has 0 radical (unpaired) electrons. The molecule has 0 saturated heterocycles. The lowest BCUT2D eigenvalue weighted by molar-refractivity contribution is -0.118. The SMILES string of the molecule is Cc1cc(C)n2nc(SCC(=O)NCCc3cccc(Cl)c3)nc2n1. The van der Waals surface area contributed by atoms with Gasteiger partial charge in [0.1, 0.15) is 0 Å². The number of carbonyl (C=O) groups excluding carboxylic acids is 1. The third-order valence-electron chi connectivity index (χ3n) is 3.56. The van der Waals surface area contributed by atoms with E-state index in [2.05, 4.69) is 20.4 Å². The third kappa shape index (κ3) is 4.70. The molecule has 3 aromatic rings. The number of benzene rings is 1. The maximum Gasteiger partial charge on any atom is 0.253 e. The summed E-state index contributed by atoms with van der Waals surface area (Å²) in [6.45, 7) is 4.44. The van der Waals surface area contributed by atoms with Gasteiger partial charge >= 0.3 is 0 Å².